The van der Waals surface area contributed by atoms with E-state index < -0.39 is 20.8 Å². The zero-order chi connectivity index (χ0) is 10.2. The molecule has 0 saturated heterocycles. The van der Waals surface area contributed by atoms with E-state index in [4.69, 9.17) is 23.2 Å². The Hall–Kier alpha value is 2.78. The van der Waals surface area contributed by atoms with Crippen LogP contribution in [0.3, 0.4) is 0 Å². The fourth-order valence-corrected chi connectivity index (χ4v) is 1.82. The molecule has 15 heavy (non-hydrogen) atoms. The molecule has 0 aliphatic carbocycles. The van der Waals surface area contributed by atoms with E-state index in [0.717, 1.165) is 12.1 Å². The number of hydrogen-bond donors (Lipinski definition) is 0. The normalized spacial score (nSPS) is 10.1. The van der Waals surface area contributed by atoms with Crippen LogP contribution in [-0.2, 0) is 10.1 Å². The maximum atomic E-state index is 10.9. The van der Waals surface area contributed by atoms with Gasteiger partial charge < -0.3 is 9.66 Å². The summed E-state index contributed by atoms with van der Waals surface area (Å²) in [6.07, 6.45) is 0. The van der Waals surface area contributed by atoms with E-state index in [1.54, 1.807) is 0 Å². The molecule has 1 rings (SSSR count). The van der Waals surface area contributed by atoms with E-state index in [9.17, 15) is 18.1 Å². The Morgan fingerprint density at radius 3 is 1.67 bits per heavy atom. The molecule has 0 fully saturated rings. The van der Waals surface area contributed by atoms with Gasteiger partial charge in [0.25, 0.3) is 0 Å². The largest absolute Gasteiger partial charge is 1.00 e. The summed E-state index contributed by atoms with van der Waals surface area (Å²) >= 11 is 10.6. The van der Waals surface area contributed by atoms with Crippen molar-refractivity contribution >= 4 is 33.3 Å². The molecule has 0 aromatic heterocycles. The molecule has 0 saturated carbocycles. The Bertz CT molecular complexity index is 425. The SMILES string of the molecule is O=S(=O)([O-])c1cc(Cl)c([O-])c(Cl)c1.[K+].[K+]. The predicted octanol–water partition coefficient (Wildman–Crippen LogP) is -5.02. The molecule has 1 aromatic carbocycles. The van der Waals surface area contributed by atoms with Crippen molar-refractivity contribution in [3.8, 4) is 5.75 Å². The molecule has 4 nitrogen and oxygen atoms in total. The Labute approximate surface area is 182 Å². The van der Waals surface area contributed by atoms with Gasteiger partial charge in [0.05, 0.1) is 4.90 Å². The molecule has 0 aliphatic rings. The van der Waals surface area contributed by atoms with Crippen molar-refractivity contribution < 1.29 is 121 Å². The minimum Gasteiger partial charge on any atom is -0.870 e. The topological polar surface area (TPSA) is 80.3 Å². The van der Waals surface area contributed by atoms with Crippen molar-refractivity contribution in [2.45, 2.75) is 4.90 Å². The maximum absolute atomic E-state index is 10.9. The van der Waals surface area contributed by atoms with Gasteiger partial charge in [0.15, 0.2) is 0 Å². The summed E-state index contributed by atoms with van der Waals surface area (Å²) in [5.41, 5.74) is 0. The standard InChI is InChI=1S/C6H4Cl2O4S.2K/c7-4-1-3(13(10,11)12)2-5(8)6(4)9;;/h1-2,9H,(H,10,11,12);;/q;2*+1/p-2. The molecule has 0 heterocycles. The zero-order valence-corrected chi connectivity index (χ0v) is 16.5. The van der Waals surface area contributed by atoms with Gasteiger partial charge in [-0.2, -0.15) is 0 Å². The predicted molar refractivity (Wildman–Crippen MR) is 43.9 cm³/mol. The van der Waals surface area contributed by atoms with Gasteiger partial charge in [-0.05, 0) is 12.1 Å². The number of rotatable bonds is 1. The summed E-state index contributed by atoms with van der Waals surface area (Å²) in [6, 6.07) is 1.55. The van der Waals surface area contributed by atoms with Gasteiger partial charge in [0.1, 0.15) is 10.1 Å². The van der Waals surface area contributed by atoms with Crippen molar-refractivity contribution in [1.82, 2.24) is 0 Å². The van der Waals surface area contributed by atoms with Crippen LogP contribution in [0.15, 0.2) is 17.0 Å². The second-order valence-corrected chi connectivity index (χ2v) is 4.36. The molecule has 72 valence electrons. The van der Waals surface area contributed by atoms with Gasteiger partial charge >= 0.3 is 103 Å². The molecule has 0 aliphatic heterocycles. The molecule has 0 unspecified atom stereocenters. The summed E-state index contributed by atoms with van der Waals surface area (Å²) in [5, 5.41) is 10.1. The zero-order valence-electron chi connectivity index (χ0n) is 7.95. The smallest absolute Gasteiger partial charge is 0.870 e. The van der Waals surface area contributed by atoms with Gasteiger partial charge in [-0.15, -0.1) is 0 Å². The van der Waals surface area contributed by atoms with Crippen LogP contribution in [0.1, 0.15) is 0 Å². The van der Waals surface area contributed by atoms with Gasteiger partial charge in [-0.1, -0.05) is 29.0 Å². The first-order valence-corrected chi connectivity index (χ1v) is 5.11. The third-order valence-corrected chi connectivity index (χ3v) is 2.64. The molecular weight excluding hydrogens is 317 g/mol. The third kappa shape index (κ3) is 5.97. The van der Waals surface area contributed by atoms with Crippen LogP contribution < -0.4 is 108 Å². The summed E-state index contributed by atoms with van der Waals surface area (Å²) in [4.78, 5) is -0.609. The van der Waals surface area contributed by atoms with Gasteiger partial charge in [0.2, 0.25) is 0 Å². The molecule has 1 aromatic rings. The monoisotopic (exact) mass is 318 g/mol. The Kier molecular flexibility index (Phi) is 10.8. The van der Waals surface area contributed by atoms with Crippen LogP contribution >= 0.6 is 23.2 Å². The van der Waals surface area contributed by atoms with Crippen LogP contribution in [0.25, 0.3) is 0 Å². The van der Waals surface area contributed by atoms with Crippen LogP contribution in [0.2, 0.25) is 10.0 Å². The van der Waals surface area contributed by atoms with Crippen molar-refractivity contribution in [2.75, 3.05) is 0 Å². The first-order valence-electron chi connectivity index (χ1n) is 2.94. The average molecular weight is 319 g/mol. The van der Waals surface area contributed by atoms with Crippen LogP contribution in [0.4, 0.5) is 0 Å². The van der Waals surface area contributed by atoms with Gasteiger partial charge in [-0.3, -0.25) is 0 Å². The minimum absolute atomic E-state index is 0. The van der Waals surface area contributed by atoms with Gasteiger partial charge in [-0.25, -0.2) is 8.42 Å². The first kappa shape index (κ1) is 20.1. The van der Waals surface area contributed by atoms with Crippen molar-refractivity contribution in [3.05, 3.63) is 22.2 Å². The Morgan fingerprint density at radius 1 is 1.07 bits per heavy atom. The van der Waals surface area contributed by atoms with Gasteiger partial charge in [0, 0.05) is 10.0 Å². The quantitative estimate of drug-likeness (QED) is 0.383. The molecule has 0 amide bonds. The average Bonchev–Trinajstić information content (AvgIpc) is 1.97. The molecular formula is C6H2Cl2K2O4S. The Morgan fingerprint density at radius 2 is 1.40 bits per heavy atom. The van der Waals surface area contributed by atoms with E-state index in [1.165, 1.54) is 0 Å². The molecule has 0 atom stereocenters. The molecule has 0 N–H and O–H groups in total. The minimum atomic E-state index is -4.62. The van der Waals surface area contributed by atoms with E-state index in [2.05, 4.69) is 0 Å². The van der Waals surface area contributed by atoms with Crippen LogP contribution in [0, 0.1) is 0 Å². The van der Waals surface area contributed by atoms with E-state index in [-0.39, 0.29) is 113 Å². The second kappa shape index (κ2) is 8.05. The number of benzene rings is 1. The number of hydrogen-bond acceptors (Lipinski definition) is 4. The van der Waals surface area contributed by atoms with E-state index in [0.29, 0.717) is 0 Å². The molecule has 0 radical (unpaired) electrons. The number of halogens is 2. The maximum Gasteiger partial charge on any atom is 1.00 e. The second-order valence-electron chi connectivity index (χ2n) is 2.17. The third-order valence-electron chi connectivity index (χ3n) is 1.26. The van der Waals surface area contributed by atoms with Crippen molar-refractivity contribution in [1.29, 1.82) is 0 Å². The molecule has 0 spiro atoms. The molecule has 9 heteroatoms. The van der Waals surface area contributed by atoms with Crippen LogP contribution in [0.5, 0.6) is 5.75 Å². The first-order chi connectivity index (χ1) is 5.82. The molecule has 0 bridgehead atoms. The fourth-order valence-electron chi connectivity index (χ4n) is 0.681. The summed E-state index contributed by atoms with van der Waals surface area (Å²) in [7, 11) is -4.62. The van der Waals surface area contributed by atoms with Crippen molar-refractivity contribution in [2.24, 2.45) is 0 Å². The summed E-state index contributed by atoms with van der Waals surface area (Å²) in [6.45, 7) is 0. The fraction of sp³-hybridized carbons (Fsp3) is 0. The van der Waals surface area contributed by atoms with E-state index >= 15 is 0 Å². The Balaban J connectivity index is 0. The summed E-state index contributed by atoms with van der Waals surface area (Å²) in [5.74, 6) is -0.698. The summed E-state index contributed by atoms with van der Waals surface area (Å²) < 4.78 is 31.4. The van der Waals surface area contributed by atoms with Crippen molar-refractivity contribution in [3.63, 3.8) is 0 Å². The van der Waals surface area contributed by atoms with Crippen LogP contribution in [-0.4, -0.2) is 13.0 Å². The van der Waals surface area contributed by atoms with E-state index in [1.807, 2.05) is 0 Å².